The second-order valence-electron chi connectivity index (χ2n) is 0. The monoisotopic (exact) mass is 149 g/mol. The SMILES string of the molecule is N.[O]=[AlH].[O]=[AlH].[O]=[AlH]. The van der Waals surface area contributed by atoms with E-state index in [0.717, 1.165) is 0 Å². The summed E-state index contributed by atoms with van der Waals surface area (Å²) in [5.74, 6) is 0. The Bertz CT molecular complexity index is 14.9. The van der Waals surface area contributed by atoms with Crippen LogP contribution in [0.3, 0.4) is 0 Å². The third-order valence-corrected chi connectivity index (χ3v) is 0. The van der Waals surface area contributed by atoms with Gasteiger partial charge in [-0.3, -0.25) is 0 Å². The van der Waals surface area contributed by atoms with E-state index in [1.807, 2.05) is 0 Å². The molecule has 0 radical (unpaired) electrons. The summed E-state index contributed by atoms with van der Waals surface area (Å²) in [5, 5.41) is 0. The van der Waals surface area contributed by atoms with Gasteiger partial charge in [-0.05, 0) is 0 Å². The van der Waals surface area contributed by atoms with E-state index in [2.05, 4.69) is 0 Å². The minimum absolute atomic E-state index is 0. The molecule has 4 nitrogen and oxygen atoms in total. The molecule has 0 unspecified atom stereocenters. The first kappa shape index (κ1) is 24.6. The molecule has 0 aliphatic carbocycles. The van der Waals surface area contributed by atoms with Gasteiger partial charge in [-0.1, -0.05) is 0 Å². The molecule has 0 aromatic carbocycles. The van der Waals surface area contributed by atoms with Gasteiger partial charge in [0.25, 0.3) is 0 Å². The summed E-state index contributed by atoms with van der Waals surface area (Å²) in [7, 11) is 0. The van der Waals surface area contributed by atoms with Crippen LogP contribution >= 0.6 is 0 Å². The molecule has 0 rings (SSSR count). The van der Waals surface area contributed by atoms with E-state index in [-0.39, 0.29) is 6.15 Å². The molecular formula is H6Al3NO3. The van der Waals surface area contributed by atoms with Crippen molar-refractivity contribution in [1.29, 1.82) is 0 Å². The van der Waals surface area contributed by atoms with Gasteiger partial charge in [-0.15, -0.1) is 0 Å². The topological polar surface area (TPSA) is 86.2 Å². The van der Waals surface area contributed by atoms with E-state index in [4.69, 9.17) is 11.4 Å². The van der Waals surface area contributed by atoms with Crippen molar-refractivity contribution in [3.63, 3.8) is 0 Å². The van der Waals surface area contributed by atoms with Gasteiger partial charge in [0, 0.05) is 0 Å². The van der Waals surface area contributed by atoms with E-state index in [9.17, 15) is 0 Å². The Balaban J connectivity index is -0.00000000900. The van der Waals surface area contributed by atoms with Gasteiger partial charge < -0.3 is 6.15 Å². The Labute approximate surface area is 66.1 Å². The number of hydrogen-bond donors (Lipinski definition) is 1. The predicted molar refractivity (Wildman–Crippen MR) is 28.5 cm³/mol. The number of rotatable bonds is 0. The van der Waals surface area contributed by atoms with E-state index in [1.165, 1.54) is 0 Å². The first-order chi connectivity index (χ1) is 3.00. The molecule has 0 amide bonds. The molecule has 7 heteroatoms. The van der Waals surface area contributed by atoms with Crippen molar-refractivity contribution in [3.8, 4) is 0 Å². The summed E-state index contributed by atoms with van der Waals surface area (Å²) in [6.45, 7) is 0. The van der Waals surface area contributed by atoms with Crippen LogP contribution in [0.5, 0.6) is 0 Å². The molecule has 0 heterocycles. The Morgan fingerprint density at radius 3 is 0.571 bits per heavy atom. The normalized spacial score (nSPS) is 1.29. The Hall–Kier alpha value is 0.957. The zero-order valence-corrected chi connectivity index (χ0v) is 8.30. The molecule has 0 aliphatic heterocycles. The number of hydrogen-bond acceptors (Lipinski definition) is 4. The summed E-state index contributed by atoms with van der Waals surface area (Å²) in [5.41, 5.74) is 0. The summed E-state index contributed by atoms with van der Waals surface area (Å²) in [6, 6.07) is 0. The third kappa shape index (κ3) is 187. The molecule has 0 fully saturated rings. The van der Waals surface area contributed by atoms with Crippen LogP contribution in [-0.4, -0.2) is 48.7 Å². The van der Waals surface area contributed by atoms with Crippen molar-refractivity contribution < 1.29 is 11.4 Å². The fourth-order valence-electron chi connectivity index (χ4n) is 0. The zero-order valence-electron chi connectivity index (χ0n) is 4.05. The standard InChI is InChI=1S/3Al.H3N.3O.3H/h;;;1H3;;;;;;. The Kier molecular flexibility index (Phi) is 946. The van der Waals surface area contributed by atoms with E-state index < -0.39 is 0 Å². The zero-order chi connectivity index (χ0) is 6.00. The molecule has 0 saturated carbocycles. The maximum absolute atomic E-state index is 8.28. The van der Waals surface area contributed by atoms with E-state index in [0.29, 0.717) is 48.7 Å². The van der Waals surface area contributed by atoms with Crippen molar-refractivity contribution in [2.75, 3.05) is 0 Å². The molecule has 0 aromatic rings. The van der Waals surface area contributed by atoms with Crippen molar-refractivity contribution >= 4 is 48.7 Å². The molecule has 0 aromatic heterocycles. The van der Waals surface area contributed by atoms with Crippen LogP contribution in [0.4, 0.5) is 0 Å². The van der Waals surface area contributed by atoms with Crippen LogP contribution in [0.1, 0.15) is 0 Å². The average Bonchev–Trinajstić information content (AvgIpc) is 1.81. The van der Waals surface area contributed by atoms with E-state index >= 15 is 0 Å². The van der Waals surface area contributed by atoms with E-state index in [1.54, 1.807) is 0 Å². The van der Waals surface area contributed by atoms with Crippen LogP contribution in [0.25, 0.3) is 0 Å². The quantitative estimate of drug-likeness (QED) is 0.398. The summed E-state index contributed by atoms with van der Waals surface area (Å²) >= 11 is 1.83. The van der Waals surface area contributed by atoms with Crippen molar-refractivity contribution in [3.05, 3.63) is 0 Å². The van der Waals surface area contributed by atoms with Gasteiger partial charge in [-0.2, -0.15) is 0 Å². The van der Waals surface area contributed by atoms with Gasteiger partial charge in [0.2, 0.25) is 0 Å². The van der Waals surface area contributed by atoms with Gasteiger partial charge in [-0.25, -0.2) is 0 Å². The maximum atomic E-state index is 8.28. The molecule has 3 N–H and O–H groups in total. The minimum atomic E-state index is 0. The first-order valence-corrected chi connectivity index (χ1v) is 2.60. The van der Waals surface area contributed by atoms with Crippen LogP contribution in [-0.2, 0) is 11.4 Å². The molecule has 38 valence electrons. The Morgan fingerprint density at radius 1 is 0.571 bits per heavy atom. The molecular weight excluding hydrogens is 143 g/mol. The van der Waals surface area contributed by atoms with Crippen LogP contribution in [0.15, 0.2) is 0 Å². The molecule has 0 aliphatic rings. The van der Waals surface area contributed by atoms with Crippen LogP contribution in [0, 0.1) is 0 Å². The average molecular weight is 149 g/mol. The van der Waals surface area contributed by atoms with Crippen molar-refractivity contribution in [1.82, 2.24) is 6.15 Å². The van der Waals surface area contributed by atoms with Crippen molar-refractivity contribution in [2.45, 2.75) is 0 Å². The summed E-state index contributed by atoms with van der Waals surface area (Å²) in [6.07, 6.45) is 0. The second-order valence-corrected chi connectivity index (χ2v) is 0. The van der Waals surface area contributed by atoms with Crippen LogP contribution in [0.2, 0.25) is 0 Å². The molecule has 0 saturated heterocycles. The Morgan fingerprint density at radius 2 is 0.571 bits per heavy atom. The van der Waals surface area contributed by atoms with Gasteiger partial charge in [0.05, 0.1) is 0 Å². The molecule has 0 atom stereocenters. The predicted octanol–water partition coefficient (Wildman–Crippen LogP) is -2.14. The first-order valence-electron chi connectivity index (χ1n) is 0.866. The van der Waals surface area contributed by atoms with Crippen LogP contribution < -0.4 is 6.15 Å². The second kappa shape index (κ2) is 269. The van der Waals surface area contributed by atoms with Crippen molar-refractivity contribution in [2.24, 2.45) is 0 Å². The summed E-state index contributed by atoms with van der Waals surface area (Å²) in [4.78, 5) is 0. The van der Waals surface area contributed by atoms with Gasteiger partial charge in [0.1, 0.15) is 0 Å². The molecule has 7 heavy (non-hydrogen) atoms. The fraction of sp³-hybridized carbons (Fsp3) is 0. The molecule has 0 bridgehead atoms. The third-order valence-electron chi connectivity index (χ3n) is 0. The fourth-order valence-corrected chi connectivity index (χ4v) is 0. The molecule has 0 spiro atoms. The summed E-state index contributed by atoms with van der Waals surface area (Å²) < 4.78 is 24.8. The van der Waals surface area contributed by atoms with Gasteiger partial charge in [0.15, 0.2) is 0 Å². The van der Waals surface area contributed by atoms with Gasteiger partial charge >= 0.3 is 60.1 Å².